The van der Waals surface area contributed by atoms with E-state index in [1.54, 1.807) is 0 Å². The van der Waals surface area contributed by atoms with Gasteiger partial charge in [-0.25, -0.2) is 0 Å². The number of hydrogen-bond acceptors (Lipinski definition) is 3. The second kappa shape index (κ2) is 5.17. The Balaban J connectivity index is 2.37. The van der Waals surface area contributed by atoms with E-state index in [9.17, 15) is 0 Å². The third-order valence-corrected chi connectivity index (χ3v) is 2.57. The number of rotatable bonds is 4. The van der Waals surface area contributed by atoms with Crippen molar-refractivity contribution in [2.45, 2.75) is 18.2 Å². The summed E-state index contributed by atoms with van der Waals surface area (Å²) in [5.74, 6) is 1.08. The number of nitrogens with zero attached hydrogens (tertiary/aromatic N) is 1. The summed E-state index contributed by atoms with van der Waals surface area (Å²) in [7, 11) is 0. The zero-order valence-electron chi connectivity index (χ0n) is 7.29. The summed E-state index contributed by atoms with van der Waals surface area (Å²) in [5.41, 5.74) is 6.46. The monoisotopic (exact) mass is 182 g/mol. The molecule has 0 fully saturated rings. The van der Waals surface area contributed by atoms with Gasteiger partial charge in [0.2, 0.25) is 0 Å². The van der Waals surface area contributed by atoms with Gasteiger partial charge in [-0.15, -0.1) is 11.8 Å². The van der Waals surface area contributed by atoms with Gasteiger partial charge in [-0.1, -0.05) is 0 Å². The fraction of sp³-hybridized carbons (Fsp3) is 0.444. The van der Waals surface area contributed by atoms with Crippen LogP contribution in [0.1, 0.15) is 12.1 Å². The van der Waals surface area contributed by atoms with Crippen molar-refractivity contribution >= 4 is 11.8 Å². The number of aromatic nitrogens is 1. The van der Waals surface area contributed by atoms with Crippen LogP contribution in [0.25, 0.3) is 0 Å². The molecule has 0 saturated carbocycles. The fourth-order valence-corrected chi connectivity index (χ4v) is 1.65. The highest BCUT2D eigenvalue weighted by molar-refractivity contribution is 7.99. The van der Waals surface area contributed by atoms with Crippen LogP contribution >= 0.6 is 11.8 Å². The topological polar surface area (TPSA) is 38.9 Å². The Hall–Kier alpha value is -0.540. The van der Waals surface area contributed by atoms with Gasteiger partial charge in [0.1, 0.15) is 0 Å². The van der Waals surface area contributed by atoms with Gasteiger partial charge in [-0.05, 0) is 37.8 Å². The zero-order valence-corrected chi connectivity index (χ0v) is 8.10. The van der Waals surface area contributed by atoms with Crippen molar-refractivity contribution in [1.29, 1.82) is 0 Å². The van der Waals surface area contributed by atoms with Crippen molar-refractivity contribution in [3.05, 3.63) is 24.0 Å². The summed E-state index contributed by atoms with van der Waals surface area (Å²) in [6, 6.07) is 4.13. The number of aryl methyl sites for hydroxylation is 1. The standard InChI is InChI=1S/C9H14N2S/c1-8-3-4-9(7-11-8)12-6-2-5-10/h3-4,7H,2,5-6,10H2,1H3. The lowest BCUT2D eigenvalue weighted by Gasteiger charge is -1.99. The molecule has 0 atom stereocenters. The molecule has 66 valence electrons. The maximum absolute atomic E-state index is 5.39. The minimum absolute atomic E-state index is 0.770. The van der Waals surface area contributed by atoms with Gasteiger partial charge in [0.25, 0.3) is 0 Å². The Morgan fingerprint density at radius 3 is 2.92 bits per heavy atom. The van der Waals surface area contributed by atoms with Crippen molar-refractivity contribution in [3.63, 3.8) is 0 Å². The van der Waals surface area contributed by atoms with E-state index in [0.29, 0.717) is 0 Å². The van der Waals surface area contributed by atoms with Crippen LogP contribution in [0, 0.1) is 6.92 Å². The summed E-state index contributed by atoms with van der Waals surface area (Å²) in [4.78, 5) is 5.44. The number of nitrogens with two attached hydrogens (primary N) is 1. The third kappa shape index (κ3) is 3.24. The van der Waals surface area contributed by atoms with E-state index in [-0.39, 0.29) is 0 Å². The lowest BCUT2D eigenvalue weighted by atomic mass is 10.4. The molecular weight excluding hydrogens is 168 g/mol. The van der Waals surface area contributed by atoms with Crippen molar-refractivity contribution in [2.24, 2.45) is 5.73 Å². The Morgan fingerprint density at radius 2 is 2.33 bits per heavy atom. The molecule has 0 bridgehead atoms. The molecule has 0 radical (unpaired) electrons. The summed E-state index contributed by atoms with van der Waals surface area (Å²) in [6.07, 6.45) is 2.98. The van der Waals surface area contributed by atoms with E-state index in [1.165, 1.54) is 4.90 Å². The quantitative estimate of drug-likeness (QED) is 0.570. The zero-order chi connectivity index (χ0) is 8.81. The SMILES string of the molecule is Cc1ccc(SCCCN)cn1. The normalized spacial score (nSPS) is 10.2. The second-order valence-corrected chi connectivity index (χ2v) is 3.79. The Morgan fingerprint density at radius 1 is 1.50 bits per heavy atom. The molecule has 12 heavy (non-hydrogen) atoms. The highest BCUT2D eigenvalue weighted by Gasteiger charge is 1.92. The maximum atomic E-state index is 5.39. The van der Waals surface area contributed by atoms with Gasteiger partial charge in [0.05, 0.1) is 0 Å². The molecule has 2 nitrogen and oxygen atoms in total. The molecule has 1 rings (SSSR count). The number of thioether (sulfide) groups is 1. The smallest absolute Gasteiger partial charge is 0.0407 e. The van der Waals surface area contributed by atoms with E-state index in [1.807, 2.05) is 30.9 Å². The van der Waals surface area contributed by atoms with Crippen LogP contribution < -0.4 is 5.73 Å². The van der Waals surface area contributed by atoms with Crippen molar-refractivity contribution in [1.82, 2.24) is 4.98 Å². The molecule has 0 spiro atoms. The largest absolute Gasteiger partial charge is 0.330 e. The first-order chi connectivity index (χ1) is 5.83. The van der Waals surface area contributed by atoms with Crippen molar-refractivity contribution in [3.8, 4) is 0 Å². The minimum atomic E-state index is 0.770. The van der Waals surface area contributed by atoms with E-state index in [2.05, 4.69) is 11.1 Å². The van der Waals surface area contributed by atoms with Gasteiger partial charge < -0.3 is 5.73 Å². The first kappa shape index (κ1) is 9.55. The molecule has 1 heterocycles. The molecule has 2 N–H and O–H groups in total. The molecule has 1 aromatic heterocycles. The summed E-state index contributed by atoms with van der Waals surface area (Å²) in [5, 5.41) is 0. The molecule has 0 unspecified atom stereocenters. The average Bonchev–Trinajstić information content (AvgIpc) is 2.09. The second-order valence-electron chi connectivity index (χ2n) is 2.63. The molecule has 0 saturated heterocycles. The highest BCUT2D eigenvalue weighted by Crippen LogP contribution is 2.16. The van der Waals surface area contributed by atoms with E-state index in [4.69, 9.17) is 5.73 Å². The van der Waals surface area contributed by atoms with Crippen LogP contribution in [0.3, 0.4) is 0 Å². The van der Waals surface area contributed by atoms with Crippen molar-refractivity contribution in [2.75, 3.05) is 12.3 Å². The molecule has 1 aromatic rings. The molecule has 0 aromatic carbocycles. The first-order valence-electron chi connectivity index (χ1n) is 4.08. The average molecular weight is 182 g/mol. The Kier molecular flexibility index (Phi) is 4.11. The van der Waals surface area contributed by atoms with E-state index < -0.39 is 0 Å². The fourth-order valence-electron chi connectivity index (χ4n) is 0.813. The van der Waals surface area contributed by atoms with Crippen LogP contribution in [-0.4, -0.2) is 17.3 Å². The van der Waals surface area contributed by atoms with Crippen LogP contribution in [0.4, 0.5) is 0 Å². The molecule has 0 amide bonds. The van der Waals surface area contributed by atoms with Gasteiger partial charge >= 0.3 is 0 Å². The van der Waals surface area contributed by atoms with E-state index in [0.717, 1.165) is 24.4 Å². The lowest BCUT2D eigenvalue weighted by Crippen LogP contribution is -1.99. The Labute approximate surface area is 77.6 Å². The number of pyridine rings is 1. The highest BCUT2D eigenvalue weighted by atomic mass is 32.2. The summed E-state index contributed by atoms with van der Waals surface area (Å²) in [6.45, 7) is 2.76. The first-order valence-corrected chi connectivity index (χ1v) is 5.07. The summed E-state index contributed by atoms with van der Waals surface area (Å²) < 4.78 is 0. The van der Waals surface area contributed by atoms with E-state index >= 15 is 0 Å². The van der Waals surface area contributed by atoms with Gasteiger partial charge in [0.15, 0.2) is 0 Å². The van der Waals surface area contributed by atoms with Crippen LogP contribution in [-0.2, 0) is 0 Å². The molecular formula is C9H14N2S. The predicted octanol–water partition coefficient (Wildman–Crippen LogP) is 1.83. The molecule has 0 aliphatic heterocycles. The minimum Gasteiger partial charge on any atom is -0.330 e. The van der Waals surface area contributed by atoms with Gasteiger partial charge in [0, 0.05) is 16.8 Å². The Bertz CT molecular complexity index is 220. The predicted molar refractivity (Wildman–Crippen MR) is 53.4 cm³/mol. The number of hydrogen-bond donors (Lipinski definition) is 1. The lowest BCUT2D eigenvalue weighted by molar-refractivity contribution is 0.942. The van der Waals surface area contributed by atoms with Crippen LogP contribution in [0.2, 0.25) is 0 Å². The summed E-state index contributed by atoms with van der Waals surface area (Å²) >= 11 is 1.81. The van der Waals surface area contributed by atoms with Crippen LogP contribution in [0.5, 0.6) is 0 Å². The maximum Gasteiger partial charge on any atom is 0.0407 e. The van der Waals surface area contributed by atoms with Crippen molar-refractivity contribution < 1.29 is 0 Å². The molecule has 0 aliphatic rings. The van der Waals surface area contributed by atoms with Crippen LogP contribution in [0.15, 0.2) is 23.2 Å². The molecule has 0 aliphatic carbocycles. The molecule has 3 heteroatoms. The van der Waals surface area contributed by atoms with Gasteiger partial charge in [-0.3, -0.25) is 4.98 Å². The van der Waals surface area contributed by atoms with Gasteiger partial charge in [-0.2, -0.15) is 0 Å². The third-order valence-electron chi connectivity index (χ3n) is 1.50.